The molecule has 1 amide bonds. The quantitative estimate of drug-likeness (QED) is 0.864. The number of piperidine rings is 1. The summed E-state index contributed by atoms with van der Waals surface area (Å²) in [5.41, 5.74) is 1.99. The van der Waals surface area contributed by atoms with Crippen LogP contribution in [-0.2, 0) is 11.3 Å². The molecule has 5 nitrogen and oxygen atoms in total. The van der Waals surface area contributed by atoms with Crippen molar-refractivity contribution in [2.45, 2.75) is 44.8 Å². The van der Waals surface area contributed by atoms with Crippen molar-refractivity contribution in [3.63, 3.8) is 0 Å². The summed E-state index contributed by atoms with van der Waals surface area (Å²) in [6, 6.07) is 8.55. The van der Waals surface area contributed by atoms with Gasteiger partial charge in [0.05, 0.1) is 13.2 Å². The number of morpholine rings is 1. The number of ether oxygens (including phenoxy) is 1. The van der Waals surface area contributed by atoms with E-state index in [1.807, 2.05) is 12.1 Å². The second kappa shape index (κ2) is 8.60. The molecule has 1 aromatic rings. The van der Waals surface area contributed by atoms with Crippen LogP contribution in [0.2, 0.25) is 0 Å². The number of rotatable bonds is 5. The van der Waals surface area contributed by atoms with Crippen LogP contribution in [0.3, 0.4) is 0 Å². The summed E-state index contributed by atoms with van der Waals surface area (Å²) in [6.45, 7) is 7.66. The molecule has 2 heterocycles. The minimum absolute atomic E-state index is 0.0211. The Labute approximate surface area is 144 Å². The van der Waals surface area contributed by atoms with E-state index in [-0.39, 0.29) is 11.9 Å². The van der Waals surface area contributed by atoms with Crippen LogP contribution in [0.4, 0.5) is 0 Å². The maximum atomic E-state index is 12.4. The third-order valence-electron chi connectivity index (χ3n) is 5.04. The Morgan fingerprint density at radius 2 is 2.04 bits per heavy atom. The number of hydrogen-bond acceptors (Lipinski definition) is 4. The summed E-state index contributed by atoms with van der Waals surface area (Å²) in [6.07, 6.45) is 3.62. The van der Waals surface area contributed by atoms with Crippen LogP contribution in [0.5, 0.6) is 0 Å². The fourth-order valence-corrected chi connectivity index (χ4v) is 3.48. The highest BCUT2D eigenvalue weighted by molar-refractivity contribution is 5.94. The van der Waals surface area contributed by atoms with Crippen molar-refractivity contribution in [1.29, 1.82) is 0 Å². The average molecular weight is 331 g/mol. The van der Waals surface area contributed by atoms with Crippen LogP contribution in [0.25, 0.3) is 0 Å². The molecule has 0 unspecified atom stereocenters. The molecule has 0 aromatic heterocycles. The first-order valence-corrected chi connectivity index (χ1v) is 9.15. The summed E-state index contributed by atoms with van der Waals surface area (Å²) in [4.78, 5) is 14.8. The first-order chi connectivity index (χ1) is 11.7. The largest absolute Gasteiger partial charge is 0.379 e. The molecule has 0 radical (unpaired) electrons. The molecule has 2 fully saturated rings. The smallest absolute Gasteiger partial charge is 0.251 e. The van der Waals surface area contributed by atoms with Gasteiger partial charge >= 0.3 is 0 Å². The minimum atomic E-state index is 0.0211. The van der Waals surface area contributed by atoms with Gasteiger partial charge in [0.2, 0.25) is 0 Å². The van der Waals surface area contributed by atoms with E-state index in [1.54, 1.807) is 0 Å². The van der Waals surface area contributed by atoms with Crippen molar-refractivity contribution in [3.8, 4) is 0 Å². The van der Waals surface area contributed by atoms with Crippen LogP contribution in [0, 0.1) is 0 Å². The Bertz CT molecular complexity index is 520. The van der Waals surface area contributed by atoms with Crippen LogP contribution in [0.1, 0.15) is 42.1 Å². The molecule has 1 aromatic carbocycles. The van der Waals surface area contributed by atoms with Gasteiger partial charge in [-0.3, -0.25) is 9.69 Å². The summed E-state index contributed by atoms with van der Waals surface area (Å²) < 4.78 is 5.38. The van der Waals surface area contributed by atoms with E-state index in [1.165, 1.54) is 18.4 Å². The maximum absolute atomic E-state index is 12.4. The van der Waals surface area contributed by atoms with E-state index in [0.717, 1.165) is 51.4 Å². The number of amides is 1. The van der Waals surface area contributed by atoms with E-state index in [9.17, 15) is 4.79 Å². The zero-order valence-electron chi connectivity index (χ0n) is 14.6. The molecule has 2 atom stereocenters. The lowest BCUT2D eigenvalue weighted by molar-refractivity contribution is 0.0342. The Balaban J connectivity index is 1.51. The number of carbonyl (C=O) groups excluding carboxylic acids is 1. The Morgan fingerprint density at radius 3 is 2.71 bits per heavy atom. The summed E-state index contributed by atoms with van der Waals surface area (Å²) in [7, 11) is 0. The first-order valence-electron chi connectivity index (χ1n) is 9.15. The number of benzene rings is 1. The Hall–Kier alpha value is -1.43. The summed E-state index contributed by atoms with van der Waals surface area (Å²) in [5.74, 6) is 0.0211. The molecule has 0 bridgehead atoms. The maximum Gasteiger partial charge on any atom is 0.251 e. The average Bonchev–Trinajstić information content (AvgIpc) is 2.64. The SMILES string of the molecule is C[C@H](NC(=O)c1ccc(CN2CCOCC2)cc1)[C@H]1CCCCN1. The van der Waals surface area contributed by atoms with Crippen LogP contribution >= 0.6 is 0 Å². The highest BCUT2D eigenvalue weighted by Gasteiger charge is 2.21. The minimum Gasteiger partial charge on any atom is -0.379 e. The van der Waals surface area contributed by atoms with Crippen molar-refractivity contribution in [2.75, 3.05) is 32.8 Å². The van der Waals surface area contributed by atoms with E-state index < -0.39 is 0 Å². The molecule has 0 aliphatic carbocycles. The van der Waals surface area contributed by atoms with Crippen LogP contribution in [-0.4, -0.2) is 55.7 Å². The lowest BCUT2D eigenvalue weighted by Gasteiger charge is -2.29. The van der Waals surface area contributed by atoms with E-state index in [2.05, 4.69) is 34.6 Å². The first kappa shape index (κ1) is 17.4. The molecular formula is C19H29N3O2. The molecular weight excluding hydrogens is 302 g/mol. The topological polar surface area (TPSA) is 53.6 Å². The van der Waals surface area contributed by atoms with Gasteiger partial charge in [-0.1, -0.05) is 18.6 Å². The summed E-state index contributed by atoms with van der Waals surface area (Å²) in [5, 5.41) is 6.64. The van der Waals surface area contributed by atoms with Gasteiger partial charge in [0.25, 0.3) is 5.91 Å². The predicted molar refractivity (Wildman–Crippen MR) is 95.1 cm³/mol. The predicted octanol–water partition coefficient (Wildman–Crippen LogP) is 1.78. The highest BCUT2D eigenvalue weighted by atomic mass is 16.5. The number of carbonyl (C=O) groups is 1. The number of hydrogen-bond donors (Lipinski definition) is 2. The van der Waals surface area contributed by atoms with Crippen molar-refractivity contribution in [1.82, 2.24) is 15.5 Å². The lowest BCUT2D eigenvalue weighted by Crippen LogP contribution is -2.50. The van der Waals surface area contributed by atoms with Gasteiger partial charge < -0.3 is 15.4 Å². The van der Waals surface area contributed by atoms with Gasteiger partial charge in [0.15, 0.2) is 0 Å². The van der Waals surface area contributed by atoms with Crippen molar-refractivity contribution in [3.05, 3.63) is 35.4 Å². The van der Waals surface area contributed by atoms with Gasteiger partial charge in [-0.25, -0.2) is 0 Å². The second-order valence-corrected chi connectivity index (χ2v) is 6.90. The third kappa shape index (κ3) is 4.79. The Morgan fingerprint density at radius 1 is 1.29 bits per heavy atom. The van der Waals surface area contributed by atoms with E-state index in [0.29, 0.717) is 6.04 Å². The zero-order valence-corrected chi connectivity index (χ0v) is 14.6. The normalized spacial score (nSPS) is 23.6. The molecule has 2 aliphatic rings. The monoisotopic (exact) mass is 331 g/mol. The fourth-order valence-electron chi connectivity index (χ4n) is 3.48. The molecule has 0 saturated carbocycles. The molecule has 2 aliphatic heterocycles. The standard InChI is InChI=1S/C19H29N3O2/c1-15(18-4-2-3-9-20-18)21-19(23)17-7-5-16(6-8-17)14-22-10-12-24-13-11-22/h5-8,15,18,20H,2-4,9-14H2,1H3,(H,21,23)/t15-,18+/m0/s1. The third-order valence-corrected chi connectivity index (χ3v) is 5.04. The Kier molecular flexibility index (Phi) is 6.24. The second-order valence-electron chi connectivity index (χ2n) is 6.90. The van der Waals surface area contributed by atoms with Crippen molar-refractivity contribution < 1.29 is 9.53 Å². The van der Waals surface area contributed by atoms with Gasteiger partial charge in [0, 0.05) is 37.3 Å². The number of nitrogens with zero attached hydrogens (tertiary/aromatic N) is 1. The van der Waals surface area contributed by atoms with Crippen molar-refractivity contribution in [2.24, 2.45) is 0 Å². The molecule has 3 rings (SSSR count). The van der Waals surface area contributed by atoms with Gasteiger partial charge in [-0.05, 0) is 44.0 Å². The van der Waals surface area contributed by atoms with Crippen LogP contribution in [0.15, 0.2) is 24.3 Å². The molecule has 0 spiro atoms. The molecule has 24 heavy (non-hydrogen) atoms. The fraction of sp³-hybridized carbons (Fsp3) is 0.632. The van der Waals surface area contributed by atoms with Gasteiger partial charge in [-0.15, -0.1) is 0 Å². The molecule has 132 valence electrons. The highest BCUT2D eigenvalue weighted by Crippen LogP contribution is 2.12. The van der Waals surface area contributed by atoms with Gasteiger partial charge in [-0.2, -0.15) is 0 Å². The molecule has 2 saturated heterocycles. The van der Waals surface area contributed by atoms with Crippen LogP contribution < -0.4 is 10.6 Å². The number of nitrogens with one attached hydrogen (secondary N) is 2. The molecule has 5 heteroatoms. The zero-order chi connectivity index (χ0) is 16.8. The lowest BCUT2D eigenvalue weighted by atomic mass is 9.99. The van der Waals surface area contributed by atoms with Gasteiger partial charge in [0.1, 0.15) is 0 Å². The van der Waals surface area contributed by atoms with Crippen molar-refractivity contribution >= 4 is 5.91 Å². The van der Waals surface area contributed by atoms with E-state index >= 15 is 0 Å². The van der Waals surface area contributed by atoms with E-state index in [4.69, 9.17) is 4.74 Å². The molecule has 2 N–H and O–H groups in total. The summed E-state index contributed by atoms with van der Waals surface area (Å²) >= 11 is 0.